The van der Waals surface area contributed by atoms with Gasteiger partial charge in [0.15, 0.2) is 0 Å². The zero-order valence-electron chi connectivity index (χ0n) is 6.25. The highest BCUT2D eigenvalue weighted by atomic mass is 35.5. The lowest BCUT2D eigenvalue weighted by Crippen LogP contribution is -2.04. The van der Waals surface area contributed by atoms with Crippen LogP contribution in [-0.2, 0) is 0 Å². The van der Waals surface area contributed by atoms with Crippen molar-refractivity contribution in [3.63, 3.8) is 0 Å². The van der Waals surface area contributed by atoms with Gasteiger partial charge in [0.05, 0.1) is 0 Å². The van der Waals surface area contributed by atoms with Gasteiger partial charge in [-0.05, 0) is 11.6 Å². The molecule has 0 saturated carbocycles. The van der Waals surface area contributed by atoms with E-state index in [1.807, 2.05) is 12.2 Å². The lowest BCUT2D eigenvalue weighted by molar-refractivity contribution is 1.23. The molecule has 12 heavy (non-hydrogen) atoms. The minimum absolute atomic E-state index is 0.205. The number of hydrogen-bond donors (Lipinski definition) is 2. The van der Waals surface area contributed by atoms with Gasteiger partial charge >= 0.3 is 0 Å². The predicted octanol–water partition coefficient (Wildman–Crippen LogP) is 1.97. The van der Waals surface area contributed by atoms with E-state index in [4.69, 9.17) is 11.6 Å². The van der Waals surface area contributed by atoms with Crippen molar-refractivity contribution in [3.05, 3.63) is 39.3 Å². The molecular weight excluding hydrogens is 194 g/mol. The van der Waals surface area contributed by atoms with Crippen molar-refractivity contribution in [2.24, 2.45) is 0 Å². The molecule has 0 atom stereocenters. The van der Waals surface area contributed by atoms with Crippen molar-refractivity contribution < 1.29 is 0 Å². The van der Waals surface area contributed by atoms with Gasteiger partial charge in [-0.25, -0.2) is 0 Å². The highest BCUT2D eigenvalue weighted by Crippen LogP contribution is 2.05. The first kappa shape index (κ1) is 9.42. The molecule has 2 nitrogen and oxygen atoms in total. The van der Waals surface area contributed by atoms with Crippen LogP contribution in [0.25, 0.3) is 6.08 Å². The molecule has 0 aliphatic carbocycles. The first-order valence-corrected chi connectivity index (χ1v) is 4.40. The van der Waals surface area contributed by atoms with Crippen molar-refractivity contribution in [2.45, 2.75) is 0 Å². The summed E-state index contributed by atoms with van der Waals surface area (Å²) >= 11 is 9.60. The Morgan fingerprint density at radius 2 is 2.42 bits per heavy atom. The highest BCUT2D eigenvalue weighted by molar-refractivity contribution is 7.80. The second-order valence-electron chi connectivity index (χ2n) is 2.20. The van der Waals surface area contributed by atoms with Crippen molar-refractivity contribution >= 4 is 30.3 Å². The van der Waals surface area contributed by atoms with E-state index in [9.17, 15) is 4.79 Å². The smallest absolute Gasteiger partial charge is 0.266 e. The number of aromatic amines is 1. The van der Waals surface area contributed by atoms with Gasteiger partial charge in [0.25, 0.3) is 5.56 Å². The summed E-state index contributed by atoms with van der Waals surface area (Å²) in [5.74, 6) is 0.663. The molecule has 1 N–H and O–H groups in total. The molecule has 0 fully saturated rings. The van der Waals surface area contributed by atoms with Gasteiger partial charge in [0.1, 0.15) is 5.02 Å². The minimum atomic E-state index is -0.264. The third-order valence-corrected chi connectivity index (χ3v) is 1.79. The van der Waals surface area contributed by atoms with Crippen LogP contribution >= 0.6 is 24.2 Å². The SMILES string of the molecule is O=c1[nH]cc(C=CCS)cc1Cl. The molecule has 0 bridgehead atoms. The maximum atomic E-state index is 10.8. The van der Waals surface area contributed by atoms with Crippen LogP contribution in [0.15, 0.2) is 23.1 Å². The van der Waals surface area contributed by atoms with Gasteiger partial charge in [0.2, 0.25) is 0 Å². The molecule has 0 amide bonds. The topological polar surface area (TPSA) is 32.9 Å². The second-order valence-corrected chi connectivity index (χ2v) is 2.97. The van der Waals surface area contributed by atoms with E-state index in [-0.39, 0.29) is 10.6 Å². The van der Waals surface area contributed by atoms with Gasteiger partial charge in [-0.2, -0.15) is 12.6 Å². The summed E-state index contributed by atoms with van der Waals surface area (Å²) in [5.41, 5.74) is 0.605. The molecule has 64 valence electrons. The van der Waals surface area contributed by atoms with Crippen LogP contribution in [0.3, 0.4) is 0 Å². The molecule has 0 aromatic carbocycles. The maximum Gasteiger partial charge on any atom is 0.266 e. The lowest BCUT2D eigenvalue weighted by Gasteiger charge is -1.92. The first-order chi connectivity index (χ1) is 5.74. The quantitative estimate of drug-likeness (QED) is 0.705. The second kappa shape index (κ2) is 4.38. The molecule has 1 aromatic rings. The van der Waals surface area contributed by atoms with Gasteiger partial charge in [0, 0.05) is 11.9 Å². The van der Waals surface area contributed by atoms with Crippen molar-refractivity contribution in [1.82, 2.24) is 4.98 Å². The van der Waals surface area contributed by atoms with Crippen LogP contribution < -0.4 is 5.56 Å². The Morgan fingerprint density at radius 1 is 1.67 bits per heavy atom. The summed E-state index contributed by atoms with van der Waals surface area (Å²) in [5, 5.41) is 0.205. The molecule has 0 spiro atoms. The van der Waals surface area contributed by atoms with E-state index >= 15 is 0 Å². The summed E-state index contributed by atoms with van der Waals surface area (Å²) in [6, 6.07) is 1.61. The minimum Gasteiger partial charge on any atom is -0.327 e. The lowest BCUT2D eigenvalue weighted by atomic mass is 10.3. The molecule has 0 unspecified atom stereocenters. The summed E-state index contributed by atoms with van der Waals surface area (Å²) < 4.78 is 0. The molecular formula is C8H8ClNOS. The Labute approximate surface area is 80.7 Å². The van der Waals surface area contributed by atoms with E-state index < -0.39 is 0 Å². The average molecular weight is 202 g/mol. The Bertz CT molecular complexity index is 345. The largest absolute Gasteiger partial charge is 0.327 e. The number of thiol groups is 1. The summed E-state index contributed by atoms with van der Waals surface area (Å²) in [6.45, 7) is 0. The van der Waals surface area contributed by atoms with E-state index in [1.165, 1.54) is 0 Å². The summed E-state index contributed by atoms with van der Waals surface area (Å²) in [7, 11) is 0. The number of pyridine rings is 1. The van der Waals surface area contributed by atoms with E-state index in [0.717, 1.165) is 5.56 Å². The average Bonchev–Trinajstić information content (AvgIpc) is 2.07. The fraction of sp³-hybridized carbons (Fsp3) is 0.125. The fourth-order valence-electron chi connectivity index (χ4n) is 0.756. The van der Waals surface area contributed by atoms with Crippen LogP contribution in [0.2, 0.25) is 5.02 Å². The van der Waals surface area contributed by atoms with Crippen molar-refractivity contribution in [1.29, 1.82) is 0 Å². The third-order valence-electron chi connectivity index (χ3n) is 1.30. The Kier molecular flexibility index (Phi) is 3.44. The van der Waals surface area contributed by atoms with Crippen LogP contribution in [0.1, 0.15) is 5.56 Å². The van der Waals surface area contributed by atoms with Gasteiger partial charge in [-0.1, -0.05) is 23.8 Å². The number of H-pyrrole nitrogens is 1. The standard InChI is InChI=1S/C8H8ClNOS/c9-7-4-6(2-1-3-12)5-10-8(7)11/h1-2,4-5,12H,3H2,(H,10,11). The summed E-state index contributed by atoms with van der Waals surface area (Å²) in [6.07, 6.45) is 5.32. The van der Waals surface area contributed by atoms with E-state index in [1.54, 1.807) is 12.3 Å². The van der Waals surface area contributed by atoms with Gasteiger partial charge in [-0.15, -0.1) is 0 Å². The zero-order chi connectivity index (χ0) is 8.97. The fourth-order valence-corrected chi connectivity index (χ4v) is 1.04. The Balaban J connectivity index is 2.97. The molecule has 1 aromatic heterocycles. The number of nitrogens with one attached hydrogen (secondary N) is 1. The molecule has 0 aliphatic heterocycles. The summed E-state index contributed by atoms with van der Waals surface area (Å²) in [4.78, 5) is 13.3. The molecule has 4 heteroatoms. The van der Waals surface area contributed by atoms with Crippen molar-refractivity contribution in [3.8, 4) is 0 Å². The molecule has 1 heterocycles. The monoisotopic (exact) mass is 201 g/mol. The number of rotatable bonds is 2. The van der Waals surface area contributed by atoms with Gasteiger partial charge < -0.3 is 4.98 Å². The number of hydrogen-bond acceptors (Lipinski definition) is 2. The van der Waals surface area contributed by atoms with Gasteiger partial charge in [-0.3, -0.25) is 4.79 Å². The molecule has 0 radical (unpaired) electrons. The Morgan fingerprint density at radius 3 is 3.00 bits per heavy atom. The van der Waals surface area contributed by atoms with Crippen molar-refractivity contribution in [2.75, 3.05) is 5.75 Å². The van der Waals surface area contributed by atoms with E-state index in [0.29, 0.717) is 5.75 Å². The Hall–Kier alpha value is -0.670. The predicted molar refractivity (Wildman–Crippen MR) is 55.0 cm³/mol. The maximum absolute atomic E-state index is 10.8. The molecule has 0 saturated heterocycles. The van der Waals surface area contributed by atoms with Crippen LogP contribution in [0, 0.1) is 0 Å². The highest BCUT2D eigenvalue weighted by Gasteiger charge is 1.94. The third kappa shape index (κ3) is 2.43. The van der Waals surface area contributed by atoms with Crippen LogP contribution in [-0.4, -0.2) is 10.7 Å². The number of halogens is 1. The van der Waals surface area contributed by atoms with Crippen LogP contribution in [0.5, 0.6) is 0 Å². The normalized spacial score (nSPS) is 10.8. The first-order valence-electron chi connectivity index (χ1n) is 3.39. The van der Waals surface area contributed by atoms with Crippen LogP contribution in [0.4, 0.5) is 0 Å². The molecule has 0 aliphatic rings. The van der Waals surface area contributed by atoms with E-state index in [2.05, 4.69) is 17.6 Å². The molecule has 1 rings (SSSR count). The zero-order valence-corrected chi connectivity index (χ0v) is 7.90. The number of aromatic nitrogens is 1.